The van der Waals surface area contributed by atoms with Crippen molar-refractivity contribution in [2.24, 2.45) is 11.8 Å². The topological polar surface area (TPSA) is 61.4 Å². The van der Waals surface area contributed by atoms with Gasteiger partial charge in [-0.05, 0) is 31.1 Å². The van der Waals surface area contributed by atoms with E-state index in [1.165, 1.54) is 44.9 Å². The molecule has 1 rings (SSSR count). The fraction of sp³-hybridized carbons (Fsp3) is 0.933. The molecule has 1 fully saturated rings. The van der Waals surface area contributed by atoms with Crippen molar-refractivity contribution in [1.29, 1.82) is 0 Å². The summed E-state index contributed by atoms with van der Waals surface area (Å²) in [6, 6.07) is -0.0631. The summed E-state index contributed by atoms with van der Waals surface area (Å²) in [5.74, 6) is 0.984. The molecule has 1 atom stereocenters. The van der Waals surface area contributed by atoms with Gasteiger partial charge in [0.1, 0.15) is 0 Å². The molecular formula is C15H30N2O2. The lowest BCUT2D eigenvalue weighted by molar-refractivity contribution is 0.230. The molecule has 0 heterocycles. The van der Waals surface area contributed by atoms with Gasteiger partial charge in [0.25, 0.3) is 0 Å². The van der Waals surface area contributed by atoms with Crippen molar-refractivity contribution in [2.45, 2.75) is 58.3 Å². The molecule has 0 aromatic heterocycles. The molecule has 0 aromatic rings. The van der Waals surface area contributed by atoms with Gasteiger partial charge in [-0.25, -0.2) is 4.79 Å². The Bertz CT molecular complexity index is 238. The molecule has 0 aliphatic heterocycles. The fourth-order valence-electron chi connectivity index (χ4n) is 2.63. The minimum absolute atomic E-state index is 0.0631. The summed E-state index contributed by atoms with van der Waals surface area (Å²) in [6.45, 7) is 3.66. The Balaban J connectivity index is 2.10. The zero-order valence-corrected chi connectivity index (χ0v) is 12.3. The van der Waals surface area contributed by atoms with Crippen LogP contribution in [-0.4, -0.2) is 30.8 Å². The predicted molar refractivity (Wildman–Crippen MR) is 78.1 cm³/mol. The van der Waals surface area contributed by atoms with Gasteiger partial charge in [0.05, 0.1) is 0 Å². The number of hydrogen-bond acceptors (Lipinski definition) is 2. The lowest BCUT2D eigenvalue weighted by atomic mass is 9.91. The maximum Gasteiger partial charge on any atom is 0.314 e. The molecule has 19 heavy (non-hydrogen) atoms. The van der Waals surface area contributed by atoms with Gasteiger partial charge in [-0.2, -0.15) is 0 Å². The highest BCUT2D eigenvalue weighted by Crippen LogP contribution is 2.21. The van der Waals surface area contributed by atoms with Crippen molar-refractivity contribution in [3.05, 3.63) is 0 Å². The molecule has 1 aliphatic carbocycles. The molecule has 112 valence electrons. The first-order valence-electron chi connectivity index (χ1n) is 7.85. The summed E-state index contributed by atoms with van der Waals surface area (Å²) in [4.78, 5) is 11.7. The summed E-state index contributed by atoms with van der Waals surface area (Å²) in [5.41, 5.74) is 0. The standard InChI is InChI=1S/C15H30N2O2/c1-13(9-10-18)11-16-15(19)17-12-14-7-5-3-2-4-6-8-14/h13-14,18H,2-12H2,1H3,(H2,16,17,19). The Kier molecular flexibility index (Phi) is 8.63. The summed E-state index contributed by atoms with van der Waals surface area (Å²) in [6.07, 6.45) is 9.93. The van der Waals surface area contributed by atoms with E-state index in [4.69, 9.17) is 5.11 Å². The van der Waals surface area contributed by atoms with Crippen molar-refractivity contribution in [2.75, 3.05) is 19.7 Å². The minimum Gasteiger partial charge on any atom is -0.396 e. The van der Waals surface area contributed by atoms with Crippen LogP contribution in [0.1, 0.15) is 58.3 Å². The van der Waals surface area contributed by atoms with Gasteiger partial charge in [-0.3, -0.25) is 0 Å². The number of hydrogen-bond donors (Lipinski definition) is 3. The summed E-state index contributed by atoms with van der Waals surface area (Å²) in [5, 5.41) is 14.7. The summed E-state index contributed by atoms with van der Waals surface area (Å²) >= 11 is 0. The molecule has 1 aliphatic rings. The molecular weight excluding hydrogens is 240 g/mol. The van der Waals surface area contributed by atoms with E-state index in [0.717, 1.165) is 13.0 Å². The molecule has 0 radical (unpaired) electrons. The minimum atomic E-state index is -0.0631. The molecule has 0 aromatic carbocycles. The molecule has 0 bridgehead atoms. The van der Waals surface area contributed by atoms with E-state index in [9.17, 15) is 4.79 Å². The van der Waals surface area contributed by atoms with Gasteiger partial charge in [0.15, 0.2) is 0 Å². The SMILES string of the molecule is CC(CCO)CNC(=O)NCC1CCCCCCC1. The first kappa shape index (κ1) is 16.3. The normalized spacial score (nSPS) is 19.3. The van der Waals surface area contributed by atoms with Gasteiger partial charge < -0.3 is 15.7 Å². The first-order chi connectivity index (χ1) is 9.22. The van der Waals surface area contributed by atoms with Crippen molar-refractivity contribution < 1.29 is 9.90 Å². The van der Waals surface area contributed by atoms with Crippen molar-refractivity contribution in [3.63, 3.8) is 0 Å². The number of aliphatic hydroxyl groups excluding tert-OH is 1. The largest absolute Gasteiger partial charge is 0.396 e. The van der Waals surface area contributed by atoms with Gasteiger partial charge in [0.2, 0.25) is 0 Å². The van der Waals surface area contributed by atoms with Gasteiger partial charge in [-0.1, -0.05) is 39.0 Å². The highest BCUT2D eigenvalue weighted by molar-refractivity contribution is 5.73. The number of carbonyl (C=O) groups is 1. The Hall–Kier alpha value is -0.770. The predicted octanol–water partition coefficient (Wildman–Crippen LogP) is 2.66. The monoisotopic (exact) mass is 270 g/mol. The highest BCUT2D eigenvalue weighted by Gasteiger charge is 2.12. The van der Waals surface area contributed by atoms with Crippen LogP contribution in [0.5, 0.6) is 0 Å². The molecule has 2 amide bonds. The van der Waals surface area contributed by atoms with Crippen molar-refractivity contribution in [3.8, 4) is 0 Å². The Morgan fingerprint density at radius 2 is 1.79 bits per heavy atom. The highest BCUT2D eigenvalue weighted by atomic mass is 16.3. The van der Waals surface area contributed by atoms with Gasteiger partial charge in [0, 0.05) is 19.7 Å². The third-order valence-corrected chi connectivity index (χ3v) is 4.01. The van der Waals surface area contributed by atoms with Crippen molar-refractivity contribution in [1.82, 2.24) is 10.6 Å². The third kappa shape index (κ3) is 8.09. The number of carbonyl (C=O) groups excluding carboxylic acids is 1. The van der Waals surface area contributed by atoms with Gasteiger partial charge >= 0.3 is 6.03 Å². The molecule has 0 saturated heterocycles. The van der Waals surface area contributed by atoms with E-state index in [1.54, 1.807) is 0 Å². The lowest BCUT2D eigenvalue weighted by Gasteiger charge is -2.20. The second-order valence-electron chi connectivity index (χ2n) is 5.92. The number of amides is 2. The van der Waals surface area contributed by atoms with Crippen LogP contribution < -0.4 is 10.6 Å². The third-order valence-electron chi connectivity index (χ3n) is 4.01. The fourth-order valence-corrected chi connectivity index (χ4v) is 2.63. The average molecular weight is 270 g/mol. The number of rotatable bonds is 6. The van der Waals surface area contributed by atoms with E-state index in [2.05, 4.69) is 10.6 Å². The number of aliphatic hydroxyl groups is 1. The molecule has 4 nitrogen and oxygen atoms in total. The molecule has 1 unspecified atom stereocenters. The molecule has 0 spiro atoms. The van der Waals surface area contributed by atoms with Crippen molar-refractivity contribution >= 4 is 6.03 Å². The molecule has 1 saturated carbocycles. The zero-order chi connectivity index (χ0) is 13.9. The van der Waals surface area contributed by atoms with E-state index in [1.807, 2.05) is 6.92 Å². The van der Waals surface area contributed by atoms with E-state index < -0.39 is 0 Å². The van der Waals surface area contributed by atoms with Crippen LogP contribution >= 0.6 is 0 Å². The van der Waals surface area contributed by atoms with Crippen LogP contribution in [0.3, 0.4) is 0 Å². The van der Waals surface area contributed by atoms with E-state index >= 15 is 0 Å². The lowest BCUT2D eigenvalue weighted by Crippen LogP contribution is -2.40. The Morgan fingerprint density at radius 3 is 2.42 bits per heavy atom. The van der Waals surface area contributed by atoms with Crippen LogP contribution in [-0.2, 0) is 0 Å². The van der Waals surface area contributed by atoms with Crippen LogP contribution in [0.15, 0.2) is 0 Å². The second kappa shape index (κ2) is 10.1. The molecule has 4 heteroatoms. The van der Waals surface area contributed by atoms with E-state index in [-0.39, 0.29) is 12.6 Å². The average Bonchev–Trinajstić information content (AvgIpc) is 2.35. The smallest absolute Gasteiger partial charge is 0.314 e. The summed E-state index contributed by atoms with van der Waals surface area (Å²) < 4.78 is 0. The Labute approximate surface area is 117 Å². The van der Waals surface area contributed by atoms with Crippen LogP contribution in [0.25, 0.3) is 0 Å². The van der Waals surface area contributed by atoms with Crippen LogP contribution in [0.2, 0.25) is 0 Å². The van der Waals surface area contributed by atoms with Crippen LogP contribution in [0.4, 0.5) is 4.79 Å². The van der Waals surface area contributed by atoms with Crippen LogP contribution in [0, 0.1) is 11.8 Å². The first-order valence-corrected chi connectivity index (χ1v) is 7.85. The number of urea groups is 1. The maximum atomic E-state index is 11.7. The zero-order valence-electron chi connectivity index (χ0n) is 12.3. The van der Waals surface area contributed by atoms with E-state index in [0.29, 0.717) is 18.4 Å². The number of nitrogens with one attached hydrogen (secondary N) is 2. The molecule has 3 N–H and O–H groups in total. The summed E-state index contributed by atoms with van der Waals surface area (Å²) in [7, 11) is 0. The maximum absolute atomic E-state index is 11.7. The quantitative estimate of drug-likeness (QED) is 0.695. The van der Waals surface area contributed by atoms with Gasteiger partial charge in [-0.15, -0.1) is 0 Å². The Morgan fingerprint density at radius 1 is 1.16 bits per heavy atom. The second-order valence-corrected chi connectivity index (χ2v) is 5.92.